The molecule has 0 aliphatic heterocycles. The van der Waals surface area contributed by atoms with E-state index in [0.717, 1.165) is 0 Å². The second-order valence-corrected chi connectivity index (χ2v) is 7.52. The number of benzene rings is 2. The molecule has 2 rings (SSSR count). The summed E-state index contributed by atoms with van der Waals surface area (Å²) < 4.78 is 37.3. The van der Waals surface area contributed by atoms with Crippen LogP contribution in [0.25, 0.3) is 0 Å². The number of hydrogen-bond donors (Lipinski definition) is 5. The van der Waals surface area contributed by atoms with Gasteiger partial charge in [0.2, 0.25) is 0 Å². The summed E-state index contributed by atoms with van der Waals surface area (Å²) in [5.41, 5.74) is 6.59. The summed E-state index contributed by atoms with van der Waals surface area (Å²) in [6.45, 7) is 0.0366. The molecule has 0 fully saturated rings. The number of nitrogen functional groups attached to an aromatic ring is 1. The molecule has 2 aromatic rings. The zero-order valence-corrected chi connectivity index (χ0v) is 19.7. The minimum atomic E-state index is -5.08. The van der Waals surface area contributed by atoms with Crippen LogP contribution in [0.2, 0.25) is 0 Å². The smallest absolute Gasteiger partial charge is 0.490 e. The highest BCUT2D eigenvalue weighted by molar-refractivity contribution is 5.99. The molecule has 2 amide bonds. The maximum atomic E-state index is 12.4. The van der Waals surface area contributed by atoms with Gasteiger partial charge in [-0.05, 0) is 36.4 Å². The number of nitrogens with zero attached hydrogens (tertiary/aromatic N) is 1. The van der Waals surface area contributed by atoms with E-state index in [-0.39, 0.29) is 30.3 Å². The van der Waals surface area contributed by atoms with E-state index in [2.05, 4.69) is 5.32 Å². The average Bonchev–Trinajstić information content (AvgIpc) is 2.82. The molecule has 0 saturated heterocycles. The van der Waals surface area contributed by atoms with Crippen molar-refractivity contribution >= 4 is 29.6 Å². The standard InChI is InChI=1S/C21H24N4O5.C2HF3O2/c1-25(2)20(27)14-8-6-13(7-9-14)19(26)24-17(21(28)29)10-11-30-16-5-3-4-15(12-16)18(22)23;3-2(4,5)1(6)7/h3-9,12,17H,10-11H2,1-2H3,(H3,22,23)(H,24,26)(H,28,29);(H,6,7). The molecule has 11 nitrogen and oxygen atoms in total. The Bertz CT molecular complexity index is 1140. The molecule has 0 saturated carbocycles. The van der Waals surface area contributed by atoms with Crippen LogP contribution in [0.5, 0.6) is 5.75 Å². The van der Waals surface area contributed by atoms with Crippen LogP contribution in [0.1, 0.15) is 32.7 Å². The summed E-state index contributed by atoms with van der Waals surface area (Å²) in [7, 11) is 3.25. The summed E-state index contributed by atoms with van der Waals surface area (Å²) >= 11 is 0. The Labute approximate surface area is 209 Å². The lowest BCUT2D eigenvalue weighted by Gasteiger charge is -2.16. The van der Waals surface area contributed by atoms with Crippen molar-refractivity contribution in [3.63, 3.8) is 0 Å². The van der Waals surface area contributed by atoms with Gasteiger partial charge in [-0.1, -0.05) is 12.1 Å². The van der Waals surface area contributed by atoms with E-state index in [1.165, 1.54) is 29.2 Å². The SMILES string of the molecule is CN(C)C(=O)c1ccc(C(=O)NC(CCOc2cccc(C(=N)N)c2)C(=O)O)cc1.O=C(O)C(F)(F)F. The van der Waals surface area contributed by atoms with Crippen LogP contribution < -0.4 is 15.8 Å². The third-order valence-corrected chi connectivity index (χ3v) is 4.47. The first-order valence-electron chi connectivity index (χ1n) is 10.4. The molecule has 37 heavy (non-hydrogen) atoms. The van der Waals surface area contributed by atoms with Crippen LogP contribution in [0.4, 0.5) is 13.2 Å². The average molecular weight is 526 g/mol. The van der Waals surface area contributed by atoms with Gasteiger partial charge in [0, 0.05) is 37.2 Å². The number of hydrogen-bond acceptors (Lipinski definition) is 6. The van der Waals surface area contributed by atoms with Crippen molar-refractivity contribution in [2.45, 2.75) is 18.6 Å². The van der Waals surface area contributed by atoms with Gasteiger partial charge in [0.25, 0.3) is 11.8 Å². The van der Waals surface area contributed by atoms with E-state index in [4.69, 9.17) is 25.8 Å². The molecule has 1 unspecified atom stereocenters. The molecule has 0 radical (unpaired) electrons. The van der Waals surface area contributed by atoms with E-state index < -0.39 is 30.1 Å². The number of nitrogens with two attached hydrogens (primary N) is 1. The Kier molecular flexibility index (Phi) is 11.1. The van der Waals surface area contributed by atoms with Crippen molar-refractivity contribution < 1.29 is 47.3 Å². The third kappa shape index (κ3) is 10.3. The van der Waals surface area contributed by atoms with Gasteiger partial charge in [-0.25, -0.2) is 9.59 Å². The molecule has 0 aliphatic rings. The second-order valence-electron chi connectivity index (χ2n) is 7.52. The number of carboxylic acid groups (broad SMARTS) is 2. The first-order chi connectivity index (χ1) is 17.1. The zero-order valence-electron chi connectivity index (χ0n) is 19.7. The van der Waals surface area contributed by atoms with Crippen molar-refractivity contribution in [2.24, 2.45) is 5.73 Å². The fraction of sp³-hybridized carbons (Fsp3) is 0.261. The summed E-state index contributed by atoms with van der Waals surface area (Å²) in [4.78, 5) is 46.1. The highest BCUT2D eigenvalue weighted by Gasteiger charge is 2.38. The predicted molar refractivity (Wildman–Crippen MR) is 125 cm³/mol. The van der Waals surface area contributed by atoms with Crippen LogP contribution in [-0.2, 0) is 9.59 Å². The normalized spacial score (nSPS) is 11.3. The molecule has 6 N–H and O–H groups in total. The zero-order chi connectivity index (χ0) is 28.3. The van der Waals surface area contributed by atoms with Gasteiger partial charge < -0.3 is 30.9 Å². The van der Waals surface area contributed by atoms with E-state index >= 15 is 0 Å². The Morgan fingerprint density at radius 2 is 1.57 bits per heavy atom. The fourth-order valence-corrected chi connectivity index (χ4v) is 2.57. The molecule has 0 spiro atoms. The molecule has 1 atom stereocenters. The van der Waals surface area contributed by atoms with Crippen LogP contribution >= 0.6 is 0 Å². The van der Waals surface area contributed by atoms with Crippen LogP contribution in [0.15, 0.2) is 48.5 Å². The highest BCUT2D eigenvalue weighted by Crippen LogP contribution is 2.14. The number of amides is 2. The van der Waals surface area contributed by atoms with E-state index in [0.29, 0.717) is 16.9 Å². The number of amidine groups is 1. The largest absolute Gasteiger partial charge is 0.493 e. The monoisotopic (exact) mass is 526 g/mol. The molecule has 0 aromatic heterocycles. The van der Waals surface area contributed by atoms with Crippen LogP contribution in [-0.4, -0.2) is 77.6 Å². The van der Waals surface area contributed by atoms with Crippen LogP contribution in [0.3, 0.4) is 0 Å². The number of carbonyl (C=O) groups is 4. The molecule has 2 aromatic carbocycles. The molecule has 200 valence electrons. The van der Waals surface area contributed by atoms with E-state index in [1.54, 1.807) is 38.4 Å². The third-order valence-electron chi connectivity index (χ3n) is 4.47. The van der Waals surface area contributed by atoms with Crippen molar-refractivity contribution in [2.75, 3.05) is 20.7 Å². The lowest BCUT2D eigenvalue weighted by molar-refractivity contribution is -0.192. The summed E-state index contributed by atoms with van der Waals surface area (Å²) in [5.74, 6) is -4.37. The maximum Gasteiger partial charge on any atom is 0.490 e. The summed E-state index contributed by atoms with van der Waals surface area (Å²) in [6.07, 6.45) is -5.05. The number of rotatable bonds is 9. The van der Waals surface area contributed by atoms with Gasteiger partial charge in [-0.2, -0.15) is 13.2 Å². The number of carbonyl (C=O) groups excluding carboxylic acids is 2. The number of aliphatic carboxylic acids is 2. The number of nitrogens with one attached hydrogen (secondary N) is 2. The van der Waals surface area contributed by atoms with Crippen molar-refractivity contribution in [3.8, 4) is 5.75 Å². The fourth-order valence-electron chi connectivity index (χ4n) is 2.57. The van der Waals surface area contributed by atoms with Gasteiger partial charge in [-0.15, -0.1) is 0 Å². The number of carboxylic acids is 2. The Hall–Kier alpha value is -4.62. The van der Waals surface area contributed by atoms with Gasteiger partial charge in [0.1, 0.15) is 17.6 Å². The second kappa shape index (κ2) is 13.5. The lowest BCUT2D eigenvalue weighted by Crippen LogP contribution is -2.41. The van der Waals surface area contributed by atoms with Crippen molar-refractivity contribution in [1.82, 2.24) is 10.2 Å². The molecular weight excluding hydrogens is 501 g/mol. The number of alkyl halides is 3. The quantitative estimate of drug-likeness (QED) is 0.243. The summed E-state index contributed by atoms with van der Waals surface area (Å²) in [5, 5.41) is 26.4. The lowest BCUT2D eigenvalue weighted by atomic mass is 10.1. The Balaban J connectivity index is 0.000000856. The predicted octanol–water partition coefficient (Wildman–Crippen LogP) is 1.96. The molecule has 0 bridgehead atoms. The van der Waals surface area contributed by atoms with Crippen molar-refractivity contribution in [1.29, 1.82) is 5.41 Å². The van der Waals surface area contributed by atoms with E-state index in [1.807, 2.05) is 0 Å². The van der Waals surface area contributed by atoms with Gasteiger partial charge >= 0.3 is 18.1 Å². The van der Waals surface area contributed by atoms with Gasteiger partial charge in [0.15, 0.2) is 0 Å². The summed E-state index contributed by atoms with van der Waals surface area (Å²) in [6, 6.07) is 11.4. The number of ether oxygens (including phenoxy) is 1. The Morgan fingerprint density at radius 3 is 2.03 bits per heavy atom. The van der Waals surface area contributed by atoms with E-state index in [9.17, 15) is 32.7 Å². The molecular formula is C23H25F3N4O7. The van der Waals surface area contributed by atoms with Gasteiger partial charge in [0.05, 0.1) is 6.61 Å². The van der Waals surface area contributed by atoms with Crippen molar-refractivity contribution in [3.05, 3.63) is 65.2 Å². The first-order valence-corrected chi connectivity index (χ1v) is 10.4. The minimum Gasteiger partial charge on any atom is -0.493 e. The highest BCUT2D eigenvalue weighted by atomic mass is 19.4. The minimum absolute atomic E-state index is 0.0303. The van der Waals surface area contributed by atoms with Crippen LogP contribution in [0, 0.1) is 5.41 Å². The maximum absolute atomic E-state index is 12.4. The first kappa shape index (κ1) is 30.4. The topological polar surface area (TPSA) is 183 Å². The Morgan fingerprint density at radius 1 is 1.03 bits per heavy atom. The van der Waals surface area contributed by atoms with Gasteiger partial charge in [-0.3, -0.25) is 15.0 Å². The number of halogens is 3. The molecule has 0 aliphatic carbocycles. The molecule has 0 heterocycles. The molecule has 14 heteroatoms.